The number of unbranched alkanes of at least 4 members (excludes halogenated alkanes) is 32. The Bertz CT molecular complexity index is 576. The Morgan fingerprint density at radius 1 is 0.364 bits per heavy atom. The van der Waals surface area contributed by atoms with Crippen LogP contribution in [0.25, 0.3) is 0 Å². The molecule has 0 unspecified atom stereocenters. The van der Waals surface area contributed by atoms with E-state index >= 15 is 0 Å². The van der Waals surface area contributed by atoms with Crippen LogP contribution in [0.3, 0.4) is 0 Å². The van der Waals surface area contributed by atoms with Crippen LogP contribution >= 0.6 is 0 Å². The third-order valence-corrected chi connectivity index (χ3v) is 9.28. The van der Waals surface area contributed by atoms with Gasteiger partial charge in [-0.2, -0.15) is 0 Å². The summed E-state index contributed by atoms with van der Waals surface area (Å²) in [4.78, 5) is 22.4. The highest BCUT2D eigenvalue weighted by Crippen LogP contribution is 2.16. The summed E-state index contributed by atoms with van der Waals surface area (Å²) in [5.74, 6) is -0.641. The van der Waals surface area contributed by atoms with Gasteiger partial charge in [0, 0.05) is 12.8 Å². The van der Waals surface area contributed by atoms with Crippen molar-refractivity contribution >= 4 is 11.9 Å². The van der Waals surface area contributed by atoms with Crippen LogP contribution in [0.4, 0.5) is 0 Å². The lowest BCUT2D eigenvalue weighted by Gasteiger charge is -2.06. The Morgan fingerprint density at radius 3 is 0.909 bits per heavy atom. The van der Waals surface area contributed by atoms with Gasteiger partial charge in [0.05, 0.1) is 6.61 Å². The molecule has 262 valence electrons. The molecule has 0 aliphatic carbocycles. The van der Waals surface area contributed by atoms with Gasteiger partial charge in [-0.3, -0.25) is 9.59 Å². The number of carboxylic acids is 1. The van der Waals surface area contributed by atoms with E-state index in [1.165, 1.54) is 193 Å². The Labute approximate surface area is 275 Å². The van der Waals surface area contributed by atoms with Gasteiger partial charge >= 0.3 is 11.9 Å². The minimum absolute atomic E-state index is 0.0165. The van der Waals surface area contributed by atoms with E-state index in [1.54, 1.807) is 0 Å². The number of carboxylic acid groups (broad SMARTS) is 1. The van der Waals surface area contributed by atoms with Gasteiger partial charge in [0.1, 0.15) is 0 Å². The fraction of sp³-hybridized carbons (Fsp3) is 0.950. The molecule has 0 bridgehead atoms. The maximum Gasteiger partial charge on any atom is 0.305 e. The number of hydrogen-bond acceptors (Lipinski definition) is 3. The van der Waals surface area contributed by atoms with Crippen LogP contribution in [-0.4, -0.2) is 23.7 Å². The zero-order valence-electron chi connectivity index (χ0n) is 29.8. The first-order valence-electron chi connectivity index (χ1n) is 20.0. The predicted octanol–water partition coefficient (Wildman–Crippen LogP) is 13.7. The molecule has 4 nitrogen and oxygen atoms in total. The molecular formula is C40H78O4. The molecular weight excluding hydrogens is 544 g/mol. The minimum atomic E-state index is -0.658. The SMILES string of the molecule is CCCCCCCCCCCCCCCC(=O)OCCCCCCCCCCCCCCCCCCCCCCCC(=O)O. The van der Waals surface area contributed by atoms with Crippen molar-refractivity contribution in [3.8, 4) is 0 Å². The van der Waals surface area contributed by atoms with Gasteiger partial charge in [-0.1, -0.05) is 206 Å². The summed E-state index contributed by atoms with van der Waals surface area (Å²) in [6, 6.07) is 0. The number of hydrogen-bond donors (Lipinski definition) is 1. The molecule has 0 rings (SSSR count). The first-order valence-corrected chi connectivity index (χ1v) is 20.0. The largest absolute Gasteiger partial charge is 0.481 e. The third kappa shape index (κ3) is 39.0. The summed E-state index contributed by atoms with van der Waals surface area (Å²) in [5, 5.41) is 8.64. The number of carbonyl (C=O) groups excluding carboxylic acids is 1. The minimum Gasteiger partial charge on any atom is -0.481 e. The maximum atomic E-state index is 11.9. The summed E-state index contributed by atoms with van der Waals surface area (Å²) in [6.45, 7) is 2.90. The molecule has 0 saturated carbocycles. The zero-order chi connectivity index (χ0) is 32.0. The molecule has 0 saturated heterocycles. The van der Waals surface area contributed by atoms with E-state index in [2.05, 4.69) is 6.92 Å². The molecule has 0 aromatic carbocycles. The fourth-order valence-electron chi connectivity index (χ4n) is 6.28. The van der Waals surface area contributed by atoms with Crippen molar-refractivity contribution < 1.29 is 19.4 Å². The van der Waals surface area contributed by atoms with E-state index in [1.807, 2.05) is 0 Å². The standard InChI is InChI=1S/C40H78O4/c1-2-3-4-5-6-7-8-18-22-25-28-31-34-37-40(43)44-38-35-32-29-26-23-20-17-15-13-11-9-10-12-14-16-19-21-24-27-30-33-36-39(41)42/h2-38H2,1H3,(H,41,42). The molecule has 4 heteroatoms. The first-order chi connectivity index (χ1) is 21.7. The van der Waals surface area contributed by atoms with E-state index in [9.17, 15) is 9.59 Å². The number of carbonyl (C=O) groups is 2. The zero-order valence-corrected chi connectivity index (χ0v) is 29.8. The second kappa shape index (κ2) is 38.1. The normalized spacial score (nSPS) is 11.3. The Morgan fingerprint density at radius 2 is 0.614 bits per heavy atom. The quantitative estimate of drug-likeness (QED) is 0.0549. The van der Waals surface area contributed by atoms with E-state index in [0.29, 0.717) is 19.4 Å². The van der Waals surface area contributed by atoms with Gasteiger partial charge in [-0.15, -0.1) is 0 Å². The van der Waals surface area contributed by atoms with Crippen LogP contribution in [0.1, 0.15) is 238 Å². The van der Waals surface area contributed by atoms with Crippen LogP contribution in [0.2, 0.25) is 0 Å². The van der Waals surface area contributed by atoms with Crippen molar-refractivity contribution in [2.75, 3.05) is 6.61 Å². The van der Waals surface area contributed by atoms with Gasteiger partial charge < -0.3 is 9.84 Å². The second-order valence-electron chi connectivity index (χ2n) is 13.8. The average Bonchev–Trinajstić information content (AvgIpc) is 3.01. The molecule has 0 radical (unpaired) electrons. The molecule has 0 aromatic rings. The monoisotopic (exact) mass is 623 g/mol. The Kier molecular flexibility index (Phi) is 37.2. The van der Waals surface area contributed by atoms with Gasteiger partial charge in [-0.05, 0) is 19.3 Å². The van der Waals surface area contributed by atoms with Crippen LogP contribution in [0.5, 0.6) is 0 Å². The highest BCUT2D eigenvalue weighted by atomic mass is 16.5. The molecule has 0 heterocycles. The lowest BCUT2D eigenvalue weighted by molar-refractivity contribution is -0.144. The maximum absolute atomic E-state index is 11.9. The van der Waals surface area contributed by atoms with E-state index in [4.69, 9.17) is 9.84 Å². The molecule has 0 spiro atoms. The molecule has 0 aliphatic rings. The molecule has 0 aromatic heterocycles. The summed E-state index contributed by atoms with van der Waals surface area (Å²) in [6.07, 6.45) is 45.6. The summed E-state index contributed by atoms with van der Waals surface area (Å²) in [7, 11) is 0. The second-order valence-corrected chi connectivity index (χ2v) is 13.8. The van der Waals surface area contributed by atoms with Crippen molar-refractivity contribution in [2.45, 2.75) is 238 Å². The van der Waals surface area contributed by atoms with E-state index < -0.39 is 5.97 Å². The Hall–Kier alpha value is -1.06. The fourth-order valence-corrected chi connectivity index (χ4v) is 6.28. The smallest absolute Gasteiger partial charge is 0.305 e. The van der Waals surface area contributed by atoms with E-state index in [0.717, 1.165) is 25.7 Å². The van der Waals surface area contributed by atoms with Crippen molar-refractivity contribution in [3.05, 3.63) is 0 Å². The molecule has 0 amide bonds. The Balaban J connectivity index is 3.14. The number of esters is 1. The summed E-state index contributed by atoms with van der Waals surface area (Å²) in [5.41, 5.74) is 0. The molecule has 0 fully saturated rings. The number of rotatable bonds is 38. The van der Waals surface area contributed by atoms with Crippen molar-refractivity contribution in [2.24, 2.45) is 0 Å². The first kappa shape index (κ1) is 42.9. The topological polar surface area (TPSA) is 63.6 Å². The van der Waals surface area contributed by atoms with Crippen molar-refractivity contribution in [1.29, 1.82) is 0 Å². The van der Waals surface area contributed by atoms with Gasteiger partial charge in [0.15, 0.2) is 0 Å². The average molecular weight is 623 g/mol. The molecule has 0 aliphatic heterocycles. The summed E-state index contributed by atoms with van der Waals surface area (Å²) >= 11 is 0. The van der Waals surface area contributed by atoms with Crippen molar-refractivity contribution in [3.63, 3.8) is 0 Å². The van der Waals surface area contributed by atoms with Gasteiger partial charge in [0.2, 0.25) is 0 Å². The number of aliphatic carboxylic acids is 1. The van der Waals surface area contributed by atoms with Gasteiger partial charge in [-0.25, -0.2) is 0 Å². The summed E-state index contributed by atoms with van der Waals surface area (Å²) < 4.78 is 5.45. The van der Waals surface area contributed by atoms with Crippen LogP contribution in [-0.2, 0) is 14.3 Å². The van der Waals surface area contributed by atoms with Crippen LogP contribution in [0, 0.1) is 0 Å². The molecule has 44 heavy (non-hydrogen) atoms. The predicted molar refractivity (Wildman–Crippen MR) is 190 cm³/mol. The van der Waals surface area contributed by atoms with E-state index in [-0.39, 0.29) is 5.97 Å². The third-order valence-electron chi connectivity index (χ3n) is 9.28. The lowest BCUT2D eigenvalue weighted by atomic mass is 10.0. The molecule has 0 atom stereocenters. The van der Waals surface area contributed by atoms with Crippen LogP contribution in [0.15, 0.2) is 0 Å². The highest BCUT2D eigenvalue weighted by molar-refractivity contribution is 5.69. The number of ether oxygens (including phenoxy) is 1. The lowest BCUT2D eigenvalue weighted by Crippen LogP contribution is -2.05. The van der Waals surface area contributed by atoms with Gasteiger partial charge in [0.25, 0.3) is 0 Å². The van der Waals surface area contributed by atoms with Crippen molar-refractivity contribution in [1.82, 2.24) is 0 Å². The highest BCUT2D eigenvalue weighted by Gasteiger charge is 2.03. The van der Waals surface area contributed by atoms with Crippen LogP contribution < -0.4 is 0 Å². The molecule has 1 N–H and O–H groups in total.